The summed E-state index contributed by atoms with van der Waals surface area (Å²) in [6.07, 6.45) is 10.3. The number of carbonyl (C=O) groups excluding carboxylic acids is 1. The first-order valence-electron chi connectivity index (χ1n) is 8.74. The van der Waals surface area contributed by atoms with Crippen LogP contribution in [0.4, 0.5) is 0 Å². The second-order valence-electron chi connectivity index (χ2n) is 6.68. The first-order chi connectivity index (χ1) is 12.1. The van der Waals surface area contributed by atoms with Crippen molar-refractivity contribution in [2.75, 3.05) is 13.3 Å². The molecule has 134 valence electrons. The van der Waals surface area contributed by atoms with Crippen LogP contribution < -0.4 is 10.1 Å². The van der Waals surface area contributed by atoms with E-state index in [1.807, 2.05) is 0 Å². The Morgan fingerprint density at radius 1 is 1.36 bits per heavy atom. The Morgan fingerprint density at radius 3 is 2.92 bits per heavy atom. The van der Waals surface area contributed by atoms with E-state index in [1.54, 1.807) is 6.20 Å². The Bertz CT molecular complexity index is 713. The Hall–Kier alpha value is -2.01. The molecule has 2 aliphatic rings. The van der Waals surface area contributed by atoms with Crippen molar-refractivity contribution in [1.82, 2.24) is 15.2 Å². The van der Waals surface area contributed by atoms with Gasteiger partial charge in [-0.1, -0.05) is 11.6 Å². The van der Waals surface area contributed by atoms with Gasteiger partial charge < -0.3 is 15.0 Å². The van der Waals surface area contributed by atoms with E-state index in [4.69, 9.17) is 16.3 Å². The third-order valence-electron chi connectivity index (χ3n) is 4.75. The molecular formula is C19H24ClN3O2. The molecule has 0 unspecified atom stereocenters. The van der Waals surface area contributed by atoms with E-state index in [0.717, 1.165) is 25.8 Å². The molecule has 0 spiro atoms. The molecule has 0 atom stereocenters. The maximum atomic E-state index is 11.3. The van der Waals surface area contributed by atoms with E-state index in [0.29, 0.717) is 29.0 Å². The smallest absolute Gasteiger partial charge is 0.155 e. The van der Waals surface area contributed by atoms with E-state index < -0.39 is 0 Å². The molecule has 3 rings (SSSR count). The van der Waals surface area contributed by atoms with Gasteiger partial charge in [-0.3, -0.25) is 9.78 Å². The van der Waals surface area contributed by atoms with Gasteiger partial charge in [0, 0.05) is 18.4 Å². The lowest BCUT2D eigenvalue weighted by Crippen LogP contribution is -2.31. The molecule has 0 aromatic carbocycles. The van der Waals surface area contributed by atoms with Crippen molar-refractivity contribution >= 4 is 17.9 Å². The molecule has 1 N–H and O–H groups in total. The molecule has 0 saturated carbocycles. The summed E-state index contributed by atoms with van der Waals surface area (Å²) in [6.45, 7) is 5.71. The van der Waals surface area contributed by atoms with Gasteiger partial charge in [-0.2, -0.15) is 0 Å². The quantitative estimate of drug-likeness (QED) is 0.778. The molecule has 5 nitrogen and oxygen atoms in total. The minimum Gasteiger partial charge on any atom is -0.487 e. The SMILES string of the molecule is CC(C)N1CNC=C1C1=C(COc2cncc(Cl)c2C=O)CCCC1. The first kappa shape index (κ1) is 17.8. The molecule has 25 heavy (non-hydrogen) atoms. The summed E-state index contributed by atoms with van der Waals surface area (Å²) < 4.78 is 5.93. The second kappa shape index (κ2) is 7.91. The maximum Gasteiger partial charge on any atom is 0.155 e. The van der Waals surface area contributed by atoms with Gasteiger partial charge in [0.2, 0.25) is 0 Å². The lowest BCUT2D eigenvalue weighted by Gasteiger charge is -2.30. The average Bonchev–Trinajstić information content (AvgIpc) is 3.10. The molecule has 0 fully saturated rings. The van der Waals surface area contributed by atoms with Crippen LogP contribution >= 0.6 is 11.6 Å². The third kappa shape index (κ3) is 3.82. The molecule has 0 radical (unpaired) electrons. The standard InChI is InChI=1S/C19H24ClN3O2/c1-13(2)23-12-22-8-18(23)15-6-4-3-5-14(15)11-25-19-9-21-7-17(20)16(19)10-24/h7-10,13,22H,3-6,11-12H2,1-2H3. The Labute approximate surface area is 153 Å². The van der Waals surface area contributed by atoms with Crippen molar-refractivity contribution in [3.8, 4) is 5.75 Å². The second-order valence-corrected chi connectivity index (χ2v) is 7.09. The monoisotopic (exact) mass is 361 g/mol. The number of nitrogens with zero attached hydrogens (tertiary/aromatic N) is 2. The first-order valence-corrected chi connectivity index (χ1v) is 9.12. The van der Waals surface area contributed by atoms with Crippen molar-refractivity contribution in [1.29, 1.82) is 0 Å². The zero-order chi connectivity index (χ0) is 17.8. The normalized spacial score (nSPS) is 17.6. The molecule has 1 aliphatic carbocycles. The van der Waals surface area contributed by atoms with Crippen molar-refractivity contribution in [2.45, 2.75) is 45.6 Å². The highest BCUT2D eigenvalue weighted by Crippen LogP contribution is 2.34. The number of carbonyl (C=O) groups is 1. The number of rotatable bonds is 6. The Balaban J connectivity index is 1.83. The van der Waals surface area contributed by atoms with Crippen LogP contribution in [0.2, 0.25) is 5.02 Å². The fourth-order valence-electron chi connectivity index (χ4n) is 3.39. The molecule has 1 aliphatic heterocycles. The lowest BCUT2D eigenvalue weighted by molar-refractivity contribution is 0.112. The summed E-state index contributed by atoms with van der Waals surface area (Å²) in [5.41, 5.74) is 4.30. The molecular weight excluding hydrogens is 338 g/mol. The Morgan fingerprint density at radius 2 is 2.16 bits per heavy atom. The van der Waals surface area contributed by atoms with Gasteiger partial charge in [0.15, 0.2) is 6.29 Å². The number of pyridine rings is 1. The number of nitrogens with one attached hydrogen (secondary N) is 1. The molecule has 6 heteroatoms. The number of hydrogen-bond donors (Lipinski definition) is 1. The summed E-state index contributed by atoms with van der Waals surface area (Å²) in [5, 5.41) is 3.65. The zero-order valence-electron chi connectivity index (χ0n) is 14.7. The summed E-state index contributed by atoms with van der Waals surface area (Å²) in [6, 6.07) is 0.441. The van der Waals surface area contributed by atoms with Crippen molar-refractivity contribution < 1.29 is 9.53 Å². The van der Waals surface area contributed by atoms with Crippen molar-refractivity contribution in [2.24, 2.45) is 0 Å². The van der Waals surface area contributed by atoms with E-state index in [1.165, 1.54) is 35.9 Å². The number of aromatic nitrogens is 1. The Kier molecular flexibility index (Phi) is 5.63. The minimum absolute atomic E-state index is 0.319. The van der Waals surface area contributed by atoms with Gasteiger partial charge in [0.05, 0.1) is 29.1 Å². The number of ether oxygens (including phenoxy) is 1. The molecule has 2 heterocycles. The van der Waals surface area contributed by atoms with Gasteiger partial charge in [-0.15, -0.1) is 0 Å². The van der Waals surface area contributed by atoms with E-state index in [2.05, 4.69) is 35.2 Å². The predicted octanol–water partition coefficient (Wildman–Crippen LogP) is 3.91. The number of allylic oxidation sites excluding steroid dienone is 1. The summed E-state index contributed by atoms with van der Waals surface area (Å²) >= 11 is 6.03. The van der Waals surface area contributed by atoms with Crippen LogP contribution in [0.3, 0.4) is 0 Å². The molecule has 0 saturated heterocycles. The largest absolute Gasteiger partial charge is 0.487 e. The van der Waals surface area contributed by atoms with Crippen LogP contribution in [0, 0.1) is 0 Å². The summed E-state index contributed by atoms with van der Waals surface area (Å²) in [4.78, 5) is 17.7. The lowest BCUT2D eigenvalue weighted by atomic mass is 9.89. The summed E-state index contributed by atoms with van der Waals surface area (Å²) in [7, 11) is 0. The topological polar surface area (TPSA) is 54.5 Å². The highest BCUT2D eigenvalue weighted by molar-refractivity contribution is 6.33. The van der Waals surface area contributed by atoms with Gasteiger partial charge in [0.1, 0.15) is 12.4 Å². The van der Waals surface area contributed by atoms with E-state index in [9.17, 15) is 4.79 Å². The molecule has 1 aromatic rings. The van der Waals surface area contributed by atoms with Gasteiger partial charge in [-0.05, 0) is 50.7 Å². The predicted molar refractivity (Wildman–Crippen MR) is 98.7 cm³/mol. The third-order valence-corrected chi connectivity index (χ3v) is 5.05. The van der Waals surface area contributed by atoms with Gasteiger partial charge >= 0.3 is 0 Å². The zero-order valence-corrected chi connectivity index (χ0v) is 15.5. The summed E-state index contributed by atoms with van der Waals surface area (Å²) in [5.74, 6) is 0.444. The van der Waals surface area contributed by atoms with Crippen LogP contribution in [0.1, 0.15) is 49.9 Å². The highest BCUT2D eigenvalue weighted by atomic mass is 35.5. The van der Waals surface area contributed by atoms with Crippen LogP contribution in [0.25, 0.3) is 0 Å². The maximum absolute atomic E-state index is 11.3. The fourth-order valence-corrected chi connectivity index (χ4v) is 3.58. The van der Waals surface area contributed by atoms with Crippen LogP contribution in [-0.4, -0.2) is 35.5 Å². The average molecular weight is 362 g/mol. The van der Waals surface area contributed by atoms with Crippen molar-refractivity contribution in [3.63, 3.8) is 0 Å². The number of halogens is 1. The van der Waals surface area contributed by atoms with Crippen LogP contribution in [0.15, 0.2) is 35.4 Å². The van der Waals surface area contributed by atoms with E-state index >= 15 is 0 Å². The molecule has 0 bridgehead atoms. The van der Waals surface area contributed by atoms with Crippen molar-refractivity contribution in [3.05, 3.63) is 46.0 Å². The van der Waals surface area contributed by atoms with E-state index in [-0.39, 0.29) is 0 Å². The number of hydrogen-bond acceptors (Lipinski definition) is 5. The highest BCUT2D eigenvalue weighted by Gasteiger charge is 2.25. The van der Waals surface area contributed by atoms with Crippen LogP contribution in [0.5, 0.6) is 5.75 Å². The molecule has 1 aromatic heterocycles. The fraction of sp³-hybridized carbons (Fsp3) is 0.474. The van der Waals surface area contributed by atoms with Gasteiger partial charge in [-0.25, -0.2) is 0 Å². The molecule has 0 amide bonds. The number of aldehydes is 1. The van der Waals surface area contributed by atoms with Gasteiger partial charge in [0.25, 0.3) is 0 Å². The van der Waals surface area contributed by atoms with Crippen LogP contribution in [-0.2, 0) is 0 Å². The minimum atomic E-state index is 0.319.